The molecule has 0 aliphatic carbocycles. The Hall–Kier alpha value is -4.10. The van der Waals surface area contributed by atoms with Gasteiger partial charge in [-0.3, -0.25) is 37.3 Å². The molecule has 26 nitrogen and oxygen atoms in total. The fraction of sp³-hybridized carbons (Fsp3) is 0.667. The number of aliphatic hydroxyl groups excluding tert-OH is 2. The number of fused-ring (bicyclic) bond motifs is 1. The zero-order chi connectivity index (χ0) is 55.3. The number of carboxylic acid groups (broad SMARTS) is 1. The van der Waals surface area contributed by atoms with E-state index in [2.05, 4.69) is 58.7 Å². The zero-order valence-electron chi connectivity index (χ0n) is 42.4. The molecule has 1 saturated heterocycles. The standard InChI is InChI=1S/C45H72N7O19P3/c1-43(2,18-9-7-12-29-14-11-15-30(22-29)13-8-10-19-44(3,4)24-34(55)56)23-31(53)16-20-47-33(54)17-21-48-41(59)38(58)45(5,6)26-68-74(65,66)71-73(63,64)67-25-32-37(70-72(60,61)62)36(57)42(69-32)52-28-51-35-39(46)49-27-50-40(35)52/h11,14-15,22,27-28,32,36-38,42,57-58H,7-10,12-13,16-21,23-26H2,1-6H3,(H,47,54)(H,48,59)(H,55,56)(H,63,64)(H,65,66)(H2,46,49,50)(H2,60,61,62). The van der Waals surface area contributed by atoms with Crippen LogP contribution in [0.15, 0.2) is 36.9 Å². The van der Waals surface area contributed by atoms with Gasteiger partial charge in [0.1, 0.15) is 42.0 Å². The van der Waals surface area contributed by atoms with Crippen molar-refractivity contribution in [1.82, 2.24) is 30.2 Å². The number of aryl methyl sites for hydroxylation is 2. The smallest absolute Gasteiger partial charge is 0.481 e. The van der Waals surface area contributed by atoms with E-state index >= 15 is 0 Å². The minimum atomic E-state index is -5.60. The maximum atomic E-state index is 12.8. The summed E-state index contributed by atoms with van der Waals surface area (Å²) in [6, 6.07) is 8.54. The lowest BCUT2D eigenvalue weighted by Crippen LogP contribution is -2.46. The second-order valence-electron chi connectivity index (χ2n) is 20.7. The second-order valence-corrected chi connectivity index (χ2v) is 24.9. The molecule has 11 N–H and O–H groups in total. The van der Waals surface area contributed by atoms with E-state index in [4.69, 9.17) is 24.6 Å². The maximum absolute atomic E-state index is 12.8. The number of ether oxygens (including phenoxy) is 1. The number of Topliss-reactive ketones (excluding diaryl/α,β-unsaturated/α-hetero) is 1. The summed E-state index contributed by atoms with van der Waals surface area (Å²) in [5.74, 6) is -2.29. The van der Waals surface area contributed by atoms with Crippen LogP contribution in [0.4, 0.5) is 5.82 Å². The average molecular weight is 1110 g/mol. The van der Waals surface area contributed by atoms with Gasteiger partial charge in [-0.2, -0.15) is 4.31 Å². The SMILES string of the molecule is CC(C)(CCCCc1cccc(CCCCC(C)(C)CC(=O)CCNC(=O)CCNC(=O)C(O)C(C)(C)COP(=O)(O)OP(=O)(O)OCC2OC(n3cnc4c(N)ncnc43)C(O)C2OP(=O)(O)O)c1)CC(=O)O. The number of phosphoric ester groups is 3. The number of aliphatic hydroxyl groups is 2. The fourth-order valence-corrected chi connectivity index (χ4v) is 11.1. The summed E-state index contributed by atoms with van der Waals surface area (Å²) in [5, 5.41) is 35.8. The molecule has 1 aliphatic rings. The Balaban J connectivity index is 1.12. The Morgan fingerprint density at radius 3 is 2.04 bits per heavy atom. The zero-order valence-corrected chi connectivity index (χ0v) is 45.1. The minimum Gasteiger partial charge on any atom is -0.481 e. The van der Waals surface area contributed by atoms with Crippen LogP contribution in [0.1, 0.15) is 123 Å². The van der Waals surface area contributed by atoms with Gasteiger partial charge in [-0.15, -0.1) is 0 Å². The van der Waals surface area contributed by atoms with Crippen LogP contribution in [0.2, 0.25) is 0 Å². The van der Waals surface area contributed by atoms with Gasteiger partial charge in [-0.05, 0) is 60.5 Å². The van der Waals surface area contributed by atoms with Crippen LogP contribution in [0.3, 0.4) is 0 Å². The van der Waals surface area contributed by atoms with E-state index in [1.165, 1.54) is 25.0 Å². The Morgan fingerprint density at radius 1 is 0.838 bits per heavy atom. The number of ketones is 1. The van der Waals surface area contributed by atoms with Gasteiger partial charge in [-0.25, -0.2) is 28.6 Å². The minimum absolute atomic E-state index is 0.0105. The number of hydrogen-bond acceptors (Lipinski definition) is 18. The molecule has 74 heavy (non-hydrogen) atoms. The highest BCUT2D eigenvalue weighted by Crippen LogP contribution is 2.61. The summed E-state index contributed by atoms with van der Waals surface area (Å²) in [4.78, 5) is 100. The molecule has 0 spiro atoms. The molecule has 1 aromatic carbocycles. The Morgan fingerprint density at radius 2 is 1.43 bits per heavy atom. The summed E-state index contributed by atoms with van der Waals surface area (Å²) in [5.41, 5.74) is 6.31. The van der Waals surface area contributed by atoms with E-state index in [-0.39, 0.29) is 65.9 Å². The number of aliphatic carboxylic acids is 1. The number of rotatable bonds is 33. The topological polar surface area (TPSA) is 401 Å². The van der Waals surface area contributed by atoms with Gasteiger partial charge in [0, 0.05) is 37.8 Å². The van der Waals surface area contributed by atoms with E-state index in [0.29, 0.717) is 6.42 Å². The van der Waals surface area contributed by atoms with E-state index in [0.717, 1.165) is 68.6 Å². The van der Waals surface area contributed by atoms with Crippen LogP contribution in [-0.4, -0.2) is 129 Å². The monoisotopic (exact) mass is 1110 g/mol. The molecule has 416 valence electrons. The molecule has 7 atom stereocenters. The first-order valence-corrected chi connectivity index (χ1v) is 28.5. The Bertz CT molecular complexity index is 2540. The lowest BCUT2D eigenvalue weighted by atomic mass is 9.81. The van der Waals surface area contributed by atoms with Crippen molar-refractivity contribution in [3.05, 3.63) is 48.0 Å². The van der Waals surface area contributed by atoms with Crippen molar-refractivity contribution in [3.8, 4) is 0 Å². The second kappa shape index (κ2) is 26.8. The van der Waals surface area contributed by atoms with Gasteiger partial charge >= 0.3 is 29.4 Å². The van der Waals surface area contributed by atoms with Crippen LogP contribution in [0.25, 0.3) is 11.2 Å². The molecular weight excluding hydrogens is 1040 g/mol. The van der Waals surface area contributed by atoms with E-state index < -0.39 is 90.5 Å². The molecule has 0 radical (unpaired) electrons. The molecule has 0 bridgehead atoms. The molecule has 2 amide bonds. The largest absolute Gasteiger partial charge is 0.481 e. The highest BCUT2D eigenvalue weighted by Gasteiger charge is 2.50. The number of unbranched alkanes of at least 4 members (excludes halogenated alkanes) is 2. The van der Waals surface area contributed by atoms with Crippen molar-refractivity contribution < 1.29 is 90.4 Å². The predicted octanol–water partition coefficient (Wildman–Crippen LogP) is 4.41. The molecule has 4 rings (SSSR count). The number of amides is 2. The number of carbonyl (C=O) groups excluding carboxylic acids is 3. The number of nitrogens with two attached hydrogens (primary N) is 1. The van der Waals surface area contributed by atoms with Gasteiger partial charge in [0.15, 0.2) is 17.7 Å². The number of phosphoric acid groups is 3. The van der Waals surface area contributed by atoms with E-state index in [1.54, 1.807) is 0 Å². The van der Waals surface area contributed by atoms with Gasteiger partial charge in [0.25, 0.3) is 0 Å². The van der Waals surface area contributed by atoms with Gasteiger partial charge in [-0.1, -0.05) is 78.6 Å². The summed E-state index contributed by atoms with van der Waals surface area (Å²) >= 11 is 0. The fourth-order valence-electron chi connectivity index (χ4n) is 8.30. The molecule has 3 aromatic rings. The number of nitrogens with one attached hydrogen (secondary N) is 2. The summed E-state index contributed by atoms with van der Waals surface area (Å²) in [6.45, 7) is 8.37. The number of benzene rings is 1. The molecule has 0 saturated carbocycles. The molecule has 3 heterocycles. The number of nitrogens with zero attached hydrogens (tertiary/aromatic N) is 4. The van der Waals surface area contributed by atoms with Crippen molar-refractivity contribution in [2.75, 3.05) is 32.0 Å². The van der Waals surface area contributed by atoms with Crippen LogP contribution >= 0.6 is 23.5 Å². The highest BCUT2D eigenvalue weighted by molar-refractivity contribution is 7.61. The van der Waals surface area contributed by atoms with Gasteiger partial charge < -0.3 is 56.0 Å². The first-order valence-electron chi connectivity index (χ1n) is 24.0. The molecule has 1 aliphatic heterocycles. The quantitative estimate of drug-likeness (QED) is 0.0298. The van der Waals surface area contributed by atoms with Gasteiger partial charge in [0.2, 0.25) is 11.8 Å². The first kappa shape index (κ1) is 62.4. The molecule has 7 unspecified atom stereocenters. The third-order valence-corrected chi connectivity index (χ3v) is 15.3. The summed E-state index contributed by atoms with van der Waals surface area (Å²) < 4.78 is 62.6. The van der Waals surface area contributed by atoms with Crippen LogP contribution in [0.5, 0.6) is 0 Å². The summed E-state index contributed by atoms with van der Waals surface area (Å²) in [6.07, 6.45) is 0.999. The maximum Gasteiger partial charge on any atom is 0.481 e. The molecule has 1 fully saturated rings. The third kappa shape index (κ3) is 20.8. The number of nitrogen functional groups attached to an aromatic ring is 1. The van der Waals surface area contributed by atoms with Crippen LogP contribution in [0, 0.1) is 16.2 Å². The number of imidazole rings is 1. The number of aromatic nitrogens is 4. The van der Waals surface area contributed by atoms with Crippen molar-refractivity contribution in [1.29, 1.82) is 0 Å². The third-order valence-electron chi connectivity index (χ3n) is 12.2. The predicted molar refractivity (Wildman–Crippen MR) is 265 cm³/mol. The molecule has 2 aromatic heterocycles. The number of carbonyl (C=O) groups is 4. The van der Waals surface area contributed by atoms with E-state index in [9.17, 15) is 62.7 Å². The highest BCUT2D eigenvalue weighted by atomic mass is 31.3. The lowest BCUT2D eigenvalue weighted by Gasteiger charge is -2.30. The Labute approximate surface area is 429 Å². The number of carboxylic acids is 1. The Kier molecular flexibility index (Phi) is 22.6. The first-order chi connectivity index (χ1) is 34.3. The number of anilines is 1. The normalized spacial score (nSPS) is 19.7. The summed E-state index contributed by atoms with van der Waals surface area (Å²) in [7, 11) is -16.5. The van der Waals surface area contributed by atoms with Crippen LogP contribution < -0.4 is 16.4 Å². The van der Waals surface area contributed by atoms with Crippen molar-refractivity contribution in [3.63, 3.8) is 0 Å². The average Bonchev–Trinajstić information content (AvgIpc) is 3.84. The van der Waals surface area contributed by atoms with Crippen LogP contribution in [-0.2, 0) is 68.3 Å². The molecular formula is C45H72N7O19P3. The van der Waals surface area contributed by atoms with E-state index in [1.807, 2.05) is 27.7 Å². The molecule has 29 heteroatoms. The number of hydrogen-bond donors (Lipinski definition) is 10. The van der Waals surface area contributed by atoms with Crippen molar-refractivity contribution in [2.45, 2.75) is 149 Å². The van der Waals surface area contributed by atoms with Gasteiger partial charge in [0.05, 0.1) is 26.0 Å². The van der Waals surface area contributed by atoms with Crippen molar-refractivity contribution >= 4 is 64.0 Å². The lowest BCUT2D eigenvalue weighted by molar-refractivity contribution is -0.139. The van der Waals surface area contributed by atoms with Crippen molar-refractivity contribution in [2.24, 2.45) is 16.2 Å².